The lowest BCUT2D eigenvalue weighted by atomic mass is 9.95. The highest BCUT2D eigenvalue weighted by atomic mass is 35.5. The first-order chi connectivity index (χ1) is 18.2. The van der Waals surface area contributed by atoms with Crippen LogP contribution in [0.15, 0.2) is 18.2 Å². The number of aryl methyl sites for hydroxylation is 1. The van der Waals surface area contributed by atoms with Gasteiger partial charge in [-0.3, -0.25) is 9.36 Å². The van der Waals surface area contributed by atoms with Crippen molar-refractivity contribution in [3.8, 4) is 5.69 Å². The molecule has 1 aromatic heterocycles. The number of rotatable bonds is 12. The number of hydrogen-bond acceptors (Lipinski definition) is 5. The summed E-state index contributed by atoms with van der Waals surface area (Å²) >= 11 is 6.32. The van der Waals surface area contributed by atoms with Crippen molar-refractivity contribution in [1.29, 1.82) is 0 Å². The second-order valence-corrected chi connectivity index (χ2v) is 12.1. The fourth-order valence-corrected chi connectivity index (χ4v) is 4.95. The van der Waals surface area contributed by atoms with Gasteiger partial charge in [-0.15, -0.1) is 0 Å². The third-order valence-corrected chi connectivity index (χ3v) is 7.68. The van der Waals surface area contributed by atoms with Gasteiger partial charge in [0, 0.05) is 25.0 Å². The van der Waals surface area contributed by atoms with E-state index in [1.54, 1.807) is 13.8 Å². The number of benzene rings is 1. The predicted octanol–water partition coefficient (Wildman–Crippen LogP) is 5.21. The molecule has 0 bridgehead atoms. The van der Waals surface area contributed by atoms with Gasteiger partial charge < -0.3 is 10.4 Å². The number of amides is 1. The Balaban J connectivity index is 2.30. The van der Waals surface area contributed by atoms with E-state index in [9.17, 15) is 49.1 Å². The monoisotopic (exact) mass is 623 g/mol. The second-order valence-electron chi connectivity index (χ2n) is 9.48. The van der Waals surface area contributed by atoms with E-state index in [1.165, 1.54) is 0 Å². The molecule has 0 aliphatic carbocycles. The molecule has 2 aromatic rings. The Labute approximate surface area is 231 Å². The van der Waals surface area contributed by atoms with Gasteiger partial charge in [0.2, 0.25) is 0 Å². The first kappa shape index (κ1) is 33.8. The highest BCUT2D eigenvalue weighted by molar-refractivity contribution is 7.90. The van der Waals surface area contributed by atoms with E-state index < -0.39 is 57.4 Å². The Morgan fingerprint density at radius 2 is 1.75 bits per heavy atom. The average molecular weight is 624 g/mol. The first-order valence-electron chi connectivity index (χ1n) is 12.1. The van der Waals surface area contributed by atoms with Crippen LogP contribution in [0.5, 0.6) is 0 Å². The molecule has 0 unspecified atom stereocenters. The van der Waals surface area contributed by atoms with Crippen LogP contribution < -0.4 is 5.32 Å². The summed E-state index contributed by atoms with van der Waals surface area (Å²) in [5.74, 6) is -5.80. The Morgan fingerprint density at radius 1 is 1.15 bits per heavy atom. The Morgan fingerprint density at radius 3 is 2.23 bits per heavy atom. The number of imidazole rings is 1. The molecular formula is C24H29ClF7N3O4S. The molecule has 2 rings (SSSR count). The van der Waals surface area contributed by atoms with Gasteiger partial charge in [-0.05, 0) is 43.4 Å². The minimum absolute atomic E-state index is 0.0698. The van der Waals surface area contributed by atoms with Crippen molar-refractivity contribution < 1.29 is 49.1 Å². The lowest BCUT2D eigenvalue weighted by molar-refractivity contribution is -0.283. The van der Waals surface area contributed by atoms with Gasteiger partial charge >= 0.3 is 12.4 Å². The lowest BCUT2D eigenvalue weighted by Gasteiger charge is -2.27. The van der Waals surface area contributed by atoms with Crippen LogP contribution in [0.3, 0.4) is 0 Å². The third kappa shape index (κ3) is 8.80. The molecule has 0 aliphatic rings. The number of halogens is 8. The fourth-order valence-electron chi connectivity index (χ4n) is 3.96. The predicted molar refractivity (Wildman–Crippen MR) is 134 cm³/mol. The summed E-state index contributed by atoms with van der Waals surface area (Å²) in [6.07, 6.45) is -11.1. The average Bonchev–Trinajstić information content (AvgIpc) is 3.15. The van der Waals surface area contributed by atoms with Gasteiger partial charge in [-0.25, -0.2) is 17.8 Å². The first-order valence-corrected chi connectivity index (χ1v) is 14.5. The molecule has 40 heavy (non-hydrogen) atoms. The number of carbonyl (C=O) groups is 1. The van der Waals surface area contributed by atoms with Crippen LogP contribution in [0.25, 0.3) is 5.69 Å². The number of carbonyl (C=O) groups excluding carboxylic acids is 1. The standard InChI is InChI=1S/C24H29ClF7N3O4S/c1-4-18-34-19(21(36)33-13-22(37,5-2)9-6-10-40(3,38)39)20(25)35(18)16-8-7-14(11-15(16)26)12-17(23(27,28)29)24(30,31)32/h7-8,11,17,37H,4-6,9-10,12-13H2,1-3H3,(H,33,36)/t22-/m0/s1. The van der Waals surface area contributed by atoms with Gasteiger partial charge in [0.05, 0.1) is 11.3 Å². The number of hydrogen-bond donors (Lipinski definition) is 2. The maximum absolute atomic E-state index is 15.0. The molecule has 16 heteroatoms. The Hall–Kier alpha value is -2.39. The van der Waals surface area contributed by atoms with Crippen molar-refractivity contribution in [1.82, 2.24) is 14.9 Å². The molecule has 0 radical (unpaired) electrons. The quantitative estimate of drug-likeness (QED) is 0.316. The van der Waals surface area contributed by atoms with Crippen molar-refractivity contribution in [3.05, 3.63) is 46.3 Å². The van der Waals surface area contributed by atoms with Gasteiger partial charge in [-0.2, -0.15) is 26.3 Å². The van der Waals surface area contributed by atoms with Crippen LogP contribution in [0.2, 0.25) is 5.15 Å². The van der Waals surface area contributed by atoms with Crippen molar-refractivity contribution in [2.24, 2.45) is 5.92 Å². The highest BCUT2D eigenvalue weighted by Crippen LogP contribution is 2.41. The normalized spacial score (nSPS) is 14.4. The molecule has 1 amide bonds. The summed E-state index contributed by atoms with van der Waals surface area (Å²) in [6.45, 7) is 2.96. The molecule has 0 fully saturated rings. The molecule has 0 aliphatic heterocycles. The second kappa shape index (κ2) is 12.6. The molecule has 1 heterocycles. The van der Waals surface area contributed by atoms with E-state index in [0.29, 0.717) is 6.07 Å². The van der Waals surface area contributed by atoms with E-state index >= 15 is 0 Å². The summed E-state index contributed by atoms with van der Waals surface area (Å²) in [5.41, 5.74) is -2.69. The van der Waals surface area contributed by atoms with Gasteiger partial charge in [-0.1, -0.05) is 31.5 Å². The number of nitrogens with one attached hydrogen (secondary N) is 1. The van der Waals surface area contributed by atoms with E-state index in [-0.39, 0.29) is 60.3 Å². The zero-order valence-electron chi connectivity index (χ0n) is 21.8. The molecule has 1 atom stereocenters. The van der Waals surface area contributed by atoms with Crippen LogP contribution >= 0.6 is 11.6 Å². The van der Waals surface area contributed by atoms with E-state index in [0.717, 1.165) is 23.0 Å². The highest BCUT2D eigenvalue weighted by Gasteiger charge is 2.56. The SMILES string of the molecule is CCc1nc(C(=O)NC[C@](O)(CC)CCCS(C)(=O)=O)c(Cl)n1-c1ccc(CC(C(F)(F)F)C(F)(F)F)cc1F. The summed E-state index contributed by atoms with van der Waals surface area (Å²) in [6, 6.07) is 2.38. The molecule has 0 spiro atoms. The molecule has 0 saturated heterocycles. The number of sulfone groups is 1. The van der Waals surface area contributed by atoms with Crippen LogP contribution in [-0.2, 0) is 22.7 Å². The lowest BCUT2D eigenvalue weighted by Crippen LogP contribution is -2.43. The Kier molecular flexibility index (Phi) is 10.7. The zero-order chi connectivity index (χ0) is 30.7. The topological polar surface area (TPSA) is 101 Å². The summed E-state index contributed by atoms with van der Waals surface area (Å²) < 4.78 is 116. The maximum atomic E-state index is 15.0. The molecular weight excluding hydrogens is 595 g/mol. The van der Waals surface area contributed by atoms with Crippen molar-refractivity contribution in [3.63, 3.8) is 0 Å². The Bertz CT molecular complexity index is 1300. The summed E-state index contributed by atoms with van der Waals surface area (Å²) in [4.78, 5) is 16.9. The van der Waals surface area contributed by atoms with E-state index in [4.69, 9.17) is 11.6 Å². The van der Waals surface area contributed by atoms with Crippen LogP contribution in [-0.4, -0.2) is 65.5 Å². The molecule has 0 saturated carbocycles. The van der Waals surface area contributed by atoms with Crippen LogP contribution in [0, 0.1) is 11.7 Å². The minimum Gasteiger partial charge on any atom is -0.388 e. The molecule has 226 valence electrons. The van der Waals surface area contributed by atoms with Gasteiger partial charge in [0.15, 0.2) is 11.6 Å². The maximum Gasteiger partial charge on any atom is 0.400 e. The number of nitrogens with zero attached hydrogens (tertiary/aromatic N) is 2. The van der Waals surface area contributed by atoms with Gasteiger partial charge in [0.25, 0.3) is 5.91 Å². The zero-order valence-corrected chi connectivity index (χ0v) is 23.3. The van der Waals surface area contributed by atoms with Crippen LogP contribution in [0.4, 0.5) is 30.7 Å². The van der Waals surface area contributed by atoms with Crippen molar-refractivity contribution in [2.45, 2.75) is 63.9 Å². The van der Waals surface area contributed by atoms with Crippen LogP contribution in [0.1, 0.15) is 55.0 Å². The van der Waals surface area contributed by atoms with Crippen molar-refractivity contribution >= 4 is 27.3 Å². The summed E-state index contributed by atoms with van der Waals surface area (Å²) in [7, 11) is -3.25. The van der Waals surface area contributed by atoms with E-state index in [2.05, 4.69) is 10.3 Å². The third-order valence-electron chi connectivity index (χ3n) is 6.30. The summed E-state index contributed by atoms with van der Waals surface area (Å²) in [5, 5.41) is 12.8. The van der Waals surface area contributed by atoms with Crippen molar-refractivity contribution in [2.75, 3.05) is 18.6 Å². The number of alkyl halides is 6. The number of aliphatic hydroxyl groups is 1. The fraction of sp³-hybridized carbons (Fsp3) is 0.583. The number of aromatic nitrogens is 2. The molecule has 1 aromatic carbocycles. The molecule has 7 nitrogen and oxygen atoms in total. The molecule has 2 N–H and O–H groups in total. The van der Waals surface area contributed by atoms with Gasteiger partial charge in [0.1, 0.15) is 26.6 Å². The minimum atomic E-state index is -5.59. The smallest absolute Gasteiger partial charge is 0.388 e. The largest absolute Gasteiger partial charge is 0.400 e. The van der Waals surface area contributed by atoms with E-state index in [1.807, 2.05) is 0 Å².